The first-order chi connectivity index (χ1) is 17.4. The van der Waals surface area contributed by atoms with Crippen molar-refractivity contribution in [3.8, 4) is 11.5 Å². The smallest absolute Gasteiger partial charge is 0.300 e. The topological polar surface area (TPSA) is 76.1 Å². The van der Waals surface area contributed by atoms with Crippen LogP contribution in [-0.4, -0.2) is 30.0 Å². The van der Waals surface area contributed by atoms with Crippen molar-refractivity contribution in [2.75, 3.05) is 18.1 Å². The van der Waals surface area contributed by atoms with E-state index in [-0.39, 0.29) is 11.3 Å². The Morgan fingerprint density at radius 3 is 2.44 bits per heavy atom. The molecule has 6 nitrogen and oxygen atoms in total. The molecular weight excluding hydrogens is 454 g/mol. The van der Waals surface area contributed by atoms with Gasteiger partial charge in [-0.25, -0.2) is 0 Å². The van der Waals surface area contributed by atoms with E-state index in [0.717, 1.165) is 23.3 Å². The van der Waals surface area contributed by atoms with Gasteiger partial charge in [0, 0.05) is 17.7 Å². The van der Waals surface area contributed by atoms with Crippen LogP contribution in [0.5, 0.6) is 11.5 Å². The van der Waals surface area contributed by atoms with Gasteiger partial charge >= 0.3 is 0 Å². The van der Waals surface area contributed by atoms with Crippen molar-refractivity contribution in [2.45, 2.75) is 39.2 Å². The number of hydrogen-bond acceptors (Lipinski definition) is 5. The zero-order valence-corrected chi connectivity index (χ0v) is 20.7. The minimum absolute atomic E-state index is 0.0657. The number of hydrogen-bond donors (Lipinski definition) is 1. The van der Waals surface area contributed by atoms with Gasteiger partial charge in [0.2, 0.25) is 0 Å². The van der Waals surface area contributed by atoms with Gasteiger partial charge in [0.1, 0.15) is 17.3 Å². The Bertz CT molecular complexity index is 1340. The van der Waals surface area contributed by atoms with Crippen LogP contribution in [0.15, 0.2) is 72.3 Å². The van der Waals surface area contributed by atoms with Gasteiger partial charge in [0.25, 0.3) is 11.7 Å². The Hall–Kier alpha value is -4.06. The van der Waals surface area contributed by atoms with E-state index < -0.39 is 17.7 Å². The van der Waals surface area contributed by atoms with Crippen LogP contribution < -0.4 is 14.4 Å². The van der Waals surface area contributed by atoms with E-state index in [1.54, 1.807) is 12.1 Å². The molecule has 2 heterocycles. The molecule has 0 aromatic heterocycles. The third-order valence-electron chi connectivity index (χ3n) is 6.75. The van der Waals surface area contributed by atoms with E-state index in [1.165, 1.54) is 4.90 Å². The molecule has 5 rings (SSSR count). The molecule has 1 N–H and O–H groups in total. The first kappa shape index (κ1) is 23.7. The standard InChI is InChI=1S/C30H29NO5/c1-4-35-24-12-7-20(8-13-24)27-26(28(32)22-9-14-25-21(17-22)15-16-36-25)29(33)30(34)31(27)23-10-5-19(6-11-23)18(2)3/h5-14,17-18,27,32H,4,15-16H2,1-3H3/b28-26-. The normalized spacial score (nSPS) is 18.4. The molecule has 36 heavy (non-hydrogen) atoms. The van der Waals surface area contributed by atoms with Crippen molar-refractivity contribution in [1.29, 1.82) is 0 Å². The zero-order chi connectivity index (χ0) is 25.4. The van der Waals surface area contributed by atoms with Crippen molar-refractivity contribution in [2.24, 2.45) is 0 Å². The van der Waals surface area contributed by atoms with Gasteiger partial charge < -0.3 is 14.6 Å². The third-order valence-corrected chi connectivity index (χ3v) is 6.75. The first-order valence-corrected chi connectivity index (χ1v) is 12.3. The number of benzene rings is 3. The molecule has 2 aliphatic heterocycles. The Morgan fingerprint density at radius 2 is 1.78 bits per heavy atom. The number of aliphatic hydroxyl groups is 1. The minimum Gasteiger partial charge on any atom is -0.507 e. The van der Waals surface area contributed by atoms with Crippen LogP contribution in [0.1, 0.15) is 55.0 Å². The van der Waals surface area contributed by atoms with Gasteiger partial charge in [-0.05, 0) is 72.0 Å². The highest BCUT2D eigenvalue weighted by molar-refractivity contribution is 6.51. The average molecular weight is 484 g/mol. The number of rotatable bonds is 6. The summed E-state index contributed by atoms with van der Waals surface area (Å²) in [5, 5.41) is 11.4. The van der Waals surface area contributed by atoms with Crippen LogP contribution in [0.3, 0.4) is 0 Å². The number of fused-ring (bicyclic) bond motifs is 1. The molecule has 184 valence electrons. The molecule has 2 aliphatic rings. The Labute approximate surface area is 210 Å². The molecule has 3 aromatic rings. The molecule has 1 saturated heterocycles. The fourth-order valence-corrected chi connectivity index (χ4v) is 4.84. The maximum atomic E-state index is 13.4. The Balaban J connectivity index is 1.65. The maximum absolute atomic E-state index is 13.4. The monoisotopic (exact) mass is 483 g/mol. The van der Waals surface area contributed by atoms with Crippen LogP contribution in [-0.2, 0) is 16.0 Å². The molecular formula is C30H29NO5. The quantitative estimate of drug-likeness (QED) is 0.274. The number of ketones is 1. The zero-order valence-electron chi connectivity index (χ0n) is 20.7. The fourth-order valence-electron chi connectivity index (χ4n) is 4.84. The number of carbonyl (C=O) groups is 2. The largest absolute Gasteiger partial charge is 0.507 e. The summed E-state index contributed by atoms with van der Waals surface area (Å²) in [5.74, 6) is 0.232. The Morgan fingerprint density at radius 1 is 1.06 bits per heavy atom. The van der Waals surface area contributed by atoms with Crippen LogP contribution >= 0.6 is 0 Å². The summed E-state index contributed by atoms with van der Waals surface area (Å²) in [5.41, 5.74) is 3.96. The number of amides is 1. The predicted octanol–water partition coefficient (Wildman–Crippen LogP) is 5.77. The second-order valence-electron chi connectivity index (χ2n) is 9.34. The highest BCUT2D eigenvalue weighted by Gasteiger charge is 2.47. The highest BCUT2D eigenvalue weighted by atomic mass is 16.5. The second kappa shape index (κ2) is 9.53. The molecule has 0 saturated carbocycles. The van der Waals surface area contributed by atoms with Gasteiger partial charge in [0.05, 0.1) is 24.8 Å². The maximum Gasteiger partial charge on any atom is 0.300 e. The molecule has 1 atom stereocenters. The van der Waals surface area contributed by atoms with Crippen molar-refractivity contribution in [3.05, 3.63) is 94.6 Å². The van der Waals surface area contributed by atoms with Crippen LogP contribution in [0, 0.1) is 0 Å². The average Bonchev–Trinajstić information content (AvgIpc) is 3.46. The number of anilines is 1. The fraction of sp³-hybridized carbons (Fsp3) is 0.267. The second-order valence-corrected chi connectivity index (χ2v) is 9.34. The summed E-state index contributed by atoms with van der Waals surface area (Å²) in [4.78, 5) is 28.3. The number of nitrogens with zero attached hydrogens (tertiary/aromatic N) is 1. The molecule has 1 unspecified atom stereocenters. The van der Waals surface area contributed by atoms with E-state index >= 15 is 0 Å². The molecule has 0 spiro atoms. The first-order valence-electron chi connectivity index (χ1n) is 12.3. The SMILES string of the molecule is CCOc1ccc(C2/C(=C(/O)c3ccc4c(c3)CCO4)C(=O)C(=O)N2c2ccc(C(C)C)cc2)cc1. The number of carbonyl (C=O) groups excluding carboxylic acids is 2. The lowest BCUT2D eigenvalue weighted by Crippen LogP contribution is -2.29. The Kier molecular flexibility index (Phi) is 6.27. The van der Waals surface area contributed by atoms with E-state index in [4.69, 9.17) is 9.47 Å². The van der Waals surface area contributed by atoms with Gasteiger partial charge in [-0.2, -0.15) is 0 Å². The van der Waals surface area contributed by atoms with Crippen molar-refractivity contribution in [3.63, 3.8) is 0 Å². The summed E-state index contributed by atoms with van der Waals surface area (Å²) in [6.07, 6.45) is 0.731. The minimum atomic E-state index is -0.782. The van der Waals surface area contributed by atoms with E-state index in [1.807, 2.05) is 61.5 Å². The molecule has 0 aliphatic carbocycles. The lowest BCUT2D eigenvalue weighted by molar-refractivity contribution is -0.132. The molecule has 0 bridgehead atoms. The molecule has 6 heteroatoms. The van der Waals surface area contributed by atoms with E-state index in [2.05, 4.69) is 13.8 Å². The number of ether oxygens (including phenoxy) is 2. The van der Waals surface area contributed by atoms with Gasteiger partial charge in [0.15, 0.2) is 0 Å². The van der Waals surface area contributed by atoms with E-state index in [0.29, 0.717) is 41.7 Å². The van der Waals surface area contributed by atoms with Crippen LogP contribution in [0.2, 0.25) is 0 Å². The summed E-state index contributed by atoms with van der Waals surface area (Å²) >= 11 is 0. The summed E-state index contributed by atoms with van der Waals surface area (Å²) in [6, 6.07) is 19.5. The summed E-state index contributed by atoms with van der Waals surface area (Å²) < 4.78 is 11.2. The van der Waals surface area contributed by atoms with Gasteiger partial charge in [-0.3, -0.25) is 14.5 Å². The summed E-state index contributed by atoms with van der Waals surface area (Å²) in [7, 11) is 0. The molecule has 1 fully saturated rings. The number of aliphatic hydroxyl groups excluding tert-OH is 1. The predicted molar refractivity (Wildman–Crippen MR) is 139 cm³/mol. The molecule has 1 amide bonds. The third kappa shape index (κ3) is 4.13. The molecule has 3 aromatic carbocycles. The lowest BCUT2D eigenvalue weighted by atomic mass is 9.94. The van der Waals surface area contributed by atoms with Crippen molar-refractivity contribution < 1.29 is 24.2 Å². The van der Waals surface area contributed by atoms with E-state index in [9.17, 15) is 14.7 Å². The van der Waals surface area contributed by atoms with Gasteiger partial charge in [-0.1, -0.05) is 38.1 Å². The van der Waals surface area contributed by atoms with Crippen molar-refractivity contribution >= 4 is 23.1 Å². The molecule has 0 radical (unpaired) electrons. The van der Waals surface area contributed by atoms with Crippen LogP contribution in [0.25, 0.3) is 5.76 Å². The van der Waals surface area contributed by atoms with Crippen LogP contribution in [0.4, 0.5) is 5.69 Å². The highest BCUT2D eigenvalue weighted by Crippen LogP contribution is 2.43. The lowest BCUT2D eigenvalue weighted by Gasteiger charge is -2.26. The summed E-state index contributed by atoms with van der Waals surface area (Å²) in [6.45, 7) is 7.22. The van der Waals surface area contributed by atoms with Gasteiger partial charge in [-0.15, -0.1) is 0 Å². The number of Topliss-reactive ketones (excluding diaryl/α,β-unsaturated/α-hetero) is 1. The van der Waals surface area contributed by atoms with Crippen molar-refractivity contribution in [1.82, 2.24) is 0 Å².